The van der Waals surface area contributed by atoms with E-state index in [0.717, 1.165) is 31.0 Å². The molecule has 5 rings (SSSR count). The maximum atomic E-state index is 6.46. The second-order valence-electron chi connectivity index (χ2n) is 9.33. The zero-order chi connectivity index (χ0) is 22.1. The van der Waals surface area contributed by atoms with Gasteiger partial charge in [-0.05, 0) is 86.7 Å². The summed E-state index contributed by atoms with van der Waals surface area (Å²) in [7, 11) is 0. The van der Waals surface area contributed by atoms with Crippen molar-refractivity contribution >= 4 is 23.3 Å². The Hall–Kier alpha value is -2.69. The number of pyridine rings is 1. The minimum absolute atomic E-state index is 0.197. The third-order valence-corrected chi connectivity index (χ3v) is 7.07. The number of hydrogen-bond donors (Lipinski definition) is 1. The van der Waals surface area contributed by atoms with Gasteiger partial charge in [-0.15, -0.1) is 0 Å². The Morgan fingerprint density at radius 3 is 2.78 bits per heavy atom. The Kier molecular flexibility index (Phi) is 5.75. The van der Waals surface area contributed by atoms with E-state index < -0.39 is 0 Å². The molecule has 164 valence electrons. The number of nitrogens with zero attached hydrogens (tertiary/aromatic N) is 3. The SMILES string of the molecule is CC(C)(C=CC1=Cc2cc(Cl)ccc2C(C2CCNCC2)c2ncccc21)n1ccnc1. The summed E-state index contributed by atoms with van der Waals surface area (Å²) >= 11 is 6.46. The Bertz CT molecular complexity index is 1150. The molecule has 0 saturated carbocycles. The van der Waals surface area contributed by atoms with Crippen LogP contribution in [-0.2, 0) is 5.54 Å². The van der Waals surface area contributed by atoms with Gasteiger partial charge in [-0.2, -0.15) is 0 Å². The Balaban J connectivity index is 1.65. The Labute approximate surface area is 195 Å². The molecular formula is C27H29ClN4. The van der Waals surface area contributed by atoms with Crippen LogP contribution in [0.4, 0.5) is 0 Å². The highest BCUT2D eigenvalue weighted by molar-refractivity contribution is 6.30. The molecular weight excluding hydrogens is 416 g/mol. The molecule has 1 aromatic carbocycles. The number of imidazole rings is 1. The lowest BCUT2D eigenvalue weighted by atomic mass is 9.76. The van der Waals surface area contributed by atoms with Crippen molar-refractivity contribution < 1.29 is 0 Å². The second kappa shape index (κ2) is 8.68. The first-order chi connectivity index (χ1) is 15.5. The highest BCUT2D eigenvalue weighted by Crippen LogP contribution is 2.44. The summed E-state index contributed by atoms with van der Waals surface area (Å²) < 4.78 is 2.12. The molecule has 4 nitrogen and oxygen atoms in total. The molecule has 5 heteroatoms. The molecule has 0 radical (unpaired) electrons. The molecule has 3 aromatic rings. The fourth-order valence-corrected chi connectivity index (χ4v) is 5.21. The largest absolute Gasteiger partial charge is 0.328 e. The topological polar surface area (TPSA) is 42.7 Å². The molecule has 0 amide bonds. The average molecular weight is 445 g/mol. The third kappa shape index (κ3) is 4.05. The third-order valence-electron chi connectivity index (χ3n) is 6.83. The minimum atomic E-state index is -0.197. The zero-order valence-electron chi connectivity index (χ0n) is 18.6. The predicted molar refractivity (Wildman–Crippen MR) is 132 cm³/mol. The number of nitrogens with one attached hydrogen (secondary N) is 1. The maximum Gasteiger partial charge on any atom is 0.0953 e. The smallest absolute Gasteiger partial charge is 0.0953 e. The summed E-state index contributed by atoms with van der Waals surface area (Å²) in [5.41, 5.74) is 5.88. The Morgan fingerprint density at radius 2 is 2.00 bits per heavy atom. The van der Waals surface area contributed by atoms with Crippen molar-refractivity contribution in [1.29, 1.82) is 0 Å². The number of halogens is 1. The van der Waals surface area contributed by atoms with Gasteiger partial charge >= 0.3 is 0 Å². The van der Waals surface area contributed by atoms with Crippen LogP contribution in [0.3, 0.4) is 0 Å². The summed E-state index contributed by atoms with van der Waals surface area (Å²) in [6.45, 7) is 6.50. The van der Waals surface area contributed by atoms with Crippen LogP contribution in [0.1, 0.15) is 55.0 Å². The van der Waals surface area contributed by atoms with Gasteiger partial charge in [-0.3, -0.25) is 4.98 Å². The standard InChI is InChI=1S/C27H29ClN4/c1-27(2,32-15-14-30-18-32)10-7-20-16-21-17-22(28)5-6-23(21)25(19-8-12-29-13-9-19)26-24(20)4-3-11-31-26/h3-7,10-11,14-19,25,29H,8-9,12-13H2,1-2H3. The Morgan fingerprint density at radius 1 is 1.16 bits per heavy atom. The lowest BCUT2D eigenvalue weighted by molar-refractivity contribution is 0.339. The van der Waals surface area contributed by atoms with E-state index in [2.05, 4.69) is 65.1 Å². The maximum absolute atomic E-state index is 6.46. The molecule has 0 spiro atoms. The predicted octanol–water partition coefficient (Wildman–Crippen LogP) is 5.91. The van der Waals surface area contributed by atoms with Crippen LogP contribution >= 0.6 is 11.6 Å². The number of benzene rings is 1. The lowest BCUT2D eigenvalue weighted by Gasteiger charge is -2.32. The molecule has 1 N–H and O–H groups in total. The molecule has 1 unspecified atom stereocenters. The van der Waals surface area contributed by atoms with Crippen molar-refractivity contribution in [1.82, 2.24) is 19.9 Å². The quantitative estimate of drug-likeness (QED) is 0.544. The van der Waals surface area contributed by atoms with Crippen molar-refractivity contribution in [2.45, 2.75) is 38.1 Å². The van der Waals surface area contributed by atoms with E-state index in [1.54, 1.807) is 0 Å². The molecule has 1 aliphatic carbocycles. The molecule has 1 fully saturated rings. The monoisotopic (exact) mass is 444 g/mol. The van der Waals surface area contributed by atoms with E-state index in [-0.39, 0.29) is 11.5 Å². The molecule has 1 saturated heterocycles. The van der Waals surface area contributed by atoms with Gasteiger partial charge in [0, 0.05) is 35.1 Å². The highest BCUT2D eigenvalue weighted by atomic mass is 35.5. The van der Waals surface area contributed by atoms with Crippen molar-refractivity contribution in [2.24, 2.45) is 5.92 Å². The fourth-order valence-electron chi connectivity index (χ4n) is 5.03. The summed E-state index contributed by atoms with van der Waals surface area (Å²) in [5.74, 6) is 0.827. The molecule has 1 aliphatic heterocycles. The lowest BCUT2D eigenvalue weighted by Crippen LogP contribution is -2.32. The van der Waals surface area contributed by atoms with Crippen LogP contribution in [0.5, 0.6) is 0 Å². The number of piperidine rings is 1. The summed E-state index contributed by atoms with van der Waals surface area (Å²) in [6.07, 6.45) is 16.7. The minimum Gasteiger partial charge on any atom is -0.328 e. The van der Waals surface area contributed by atoms with E-state index in [0.29, 0.717) is 5.92 Å². The first-order valence-electron chi connectivity index (χ1n) is 11.4. The summed E-state index contributed by atoms with van der Waals surface area (Å²) in [5, 5.41) is 4.28. The zero-order valence-corrected chi connectivity index (χ0v) is 19.4. The van der Waals surface area contributed by atoms with Crippen LogP contribution in [0.15, 0.2) is 67.4 Å². The van der Waals surface area contributed by atoms with Gasteiger partial charge in [0.25, 0.3) is 0 Å². The van der Waals surface area contributed by atoms with Crippen LogP contribution in [-0.4, -0.2) is 27.6 Å². The molecule has 2 aliphatic rings. The molecule has 1 atom stereocenters. The second-order valence-corrected chi connectivity index (χ2v) is 9.77. The number of hydrogen-bond acceptors (Lipinski definition) is 3. The van der Waals surface area contributed by atoms with Crippen molar-refractivity contribution in [3.8, 4) is 0 Å². The number of rotatable bonds is 4. The highest BCUT2D eigenvalue weighted by Gasteiger charge is 2.32. The number of aromatic nitrogens is 3. The molecule has 32 heavy (non-hydrogen) atoms. The first kappa shape index (κ1) is 21.2. The van der Waals surface area contributed by atoms with Gasteiger partial charge in [0.1, 0.15) is 0 Å². The van der Waals surface area contributed by atoms with Crippen LogP contribution in [0.25, 0.3) is 11.6 Å². The van der Waals surface area contributed by atoms with Gasteiger partial charge in [-0.1, -0.05) is 35.9 Å². The van der Waals surface area contributed by atoms with Crippen LogP contribution < -0.4 is 5.32 Å². The number of allylic oxidation sites excluding steroid dienone is 3. The summed E-state index contributed by atoms with van der Waals surface area (Å²) in [4.78, 5) is 9.18. The van der Waals surface area contributed by atoms with Gasteiger partial charge in [0.2, 0.25) is 0 Å². The van der Waals surface area contributed by atoms with Gasteiger partial charge in [-0.25, -0.2) is 4.98 Å². The van der Waals surface area contributed by atoms with E-state index in [1.165, 1.54) is 28.0 Å². The molecule has 0 bridgehead atoms. The van der Waals surface area contributed by atoms with E-state index in [1.807, 2.05) is 37.1 Å². The van der Waals surface area contributed by atoms with Crippen LogP contribution in [0, 0.1) is 5.92 Å². The van der Waals surface area contributed by atoms with Crippen molar-refractivity contribution in [3.63, 3.8) is 0 Å². The summed E-state index contributed by atoms with van der Waals surface area (Å²) in [6, 6.07) is 10.6. The van der Waals surface area contributed by atoms with E-state index in [4.69, 9.17) is 16.6 Å². The van der Waals surface area contributed by atoms with Gasteiger partial charge in [0.15, 0.2) is 0 Å². The fraction of sp³-hybridized carbons (Fsp3) is 0.333. The van der Waals surface area contributed by atoms with Crippen molar-refractivity contribution in [3.05, 3.63) is 94.8 Å². The van der Waals surface area contributed by atoms with Gasteiger partial charge in [0.05, 0.1) is 17.6 Å². The van der Waals surface area contributed by atoms with Crippen molar-refractivity contribution in [2.75, 3.05) is 13.1 Å². The first-order valence-corrected chi connectivity index (χ1v) is 11.8. The van der Waals surface area contributed by atoms with E-state index in [9.17, 15) is 0 Å². The molecule has 3 heterocycles. The van der Waals surface area contributed by atoms with E-state index >= 15 is 0 Å². The van der Waals surface area contributed by atoms with Gasteiger partial charge < -0.3 is 9.88 Å². The molecule has 2 aromatic heterocycles. The number of fused-ring (bicyclic) bond motifs is 2. The normalized spacial score (nSPS) is 19.3. The average Bonchev–Trinajstić information content (AvgIpc) is 3.31. The van der Waals surface area contributed by atoms with Crippen LogP contribution in [0.2, 0.25) is 5.02 Å².